The molecule has 1 heterocycles. The maximum absolute atomic E-state index is 11.9. The summed E-state index contributed by atoms with van der Waals surface area (Å²) in [5.74, 6) is 0.00229. The number of quaternary nitrogens is 1. The first kappa shape index (κ1) is 24.7. The lowest BCUT2D eigenvalue weighted by molar-refractivity contribution is -0.890. The summed E-state index contributed by atoms with van der Waals surface area (Å²) in [5, 5.41) is 0. The number of carbonyl (C=O) groups excluding carboxylic acids is 1. The molecule has 0 aliphatic carbocycles. The van der Waals surface area contributed by atoms with Crippen LogP contribution in [0, 0.1) is 0 Å². The molecule has 0 saturated carbocycles. The lowest BCUT2D eigenvalue weighted by Gasteiger charge is -2.27. The van der Waals surface area contributed by atoms with Crippen molar-refractivity contribution in [1.29, 1.82) is 0 Å². The van der Waals surface area contributed by atoms with Crippen molar-refractivity contribution in [3.63, 3.8) is 0 Å². The van der Waals surface area contributed by atoms with E-state index >= 15 is 0 Å². The van der Waals surface area contributed by atoms with Gasteiger partial charge < -0.3 is 21.6 Å². The van der Waals surface area contributed by atoms with Gasteiger partial charge in [0.05, 0.1) is 26.7 Å². The van der Waals surface area contributed by atoms with Crippen molar-refractivity contribution in [2.24, 2.45) is 0 Å². The van der Waals surface area contributed by atoms with Gasteiger partial charge in [0.2, 0.25) is 0 Å². The molecule has 1 saturated heterocycles. The highest BCUT2D eigenvalue weighted by molar-refractivity contribution is 5.70. The van der Waals surface area contributed by atoms with E-state index in [-0.39, 0.29) is 18.4 Å². The Morgan fingerprint density at radius 3 is 1.72 bits per heavy atom. The smallest absolute Gasteiger partial charge is 0.361 e. The van der Waals surface area contributed by atoms with E-state index in [1.54, 1.807) is 0 Å². The van der Waals surface area contributed by atoms with E-state index in [0.29, 0.717) is 13.2 Å². The molecular weight excluding hydrogens is 334 g/mol. The minimum absolute atomic E-state index is 0. The summed E-state index contributed by atoms with van der Waals surface area (Å²) in [6.45, 7) is 5.73. The lowest BCUT2D eigenvalue weighted by Crippen LogP contribution is -3.00. The van der Waals surface area contributed by atoms with Gasteiger partial charge in [-0.2, -0.15) is 0 Å². The van der Waals surface area contributed by atoms with Crippen molar-refractivity contribution < 1.29 is 26.4 Å². The second-order valence-corrected chi connectivity index (χ2v) is 8.04. The zero-order valence-corrected chi connectivity index (χ0v) is 17.6. The second-order valence-electron chi connectivity index (χ2n) is 8.04. The minimum Gasteiger partial charge on any atom is -1.00 e. The van der Waals surface area contributed by atoms with Gasteiger partial charge in [-0.25, -0.2) is 4.79 Å². The van der Waals surface area contributed by atoms with Gasteiger partial charge >= 0.3 is 5.97 Å². The van der Waals surface area contributed by atoms with Gasteiger partial charge in [0.1, 0.15) is 0 Å². The minimum atomic E-state index is 0. The molecule has 150 valence electrons. The first-order chi connectivity index (χ1) is 11.7. The lowest BCUT2D eigenvalue weighted by atomic mass is 10.1. The summed E-state index contributed by atoms with van der Waals surface area (Å²) in [6, 6.07) is 0. The number of esters is 1. The third-order valence-electron chi connectivity index (χ3n) is 5.42. The van der Waals surface area contributed by atoms with Crippen LogP contribution in [0.3, 0.4) is 0 Å². The maximum Gasteiger partial charge on any atom is 0.361 e. The Labute approximate surface area is 162 Å². The average molecular weight is 376 g/mol. The predicted octanol–water partition coefficient (Wildman–Crippen LogP) is 2.48. The number of halogens is 1. The zero-order chi connectivity index (χ0) is 17.5. The fraction of sp³-hybridized carbons (Fsp3) is 0.952. The van der Waals surface area contributed by atoms with E-state index in [1.165, 1.54) is 83.5 Å². The molecule has 0 aromatic heterocycles. The summed E-state index contributed by atoms with van der Waals surface area (Å²) in [6.07, 6.45) is 18.6. The highest BCUT2D eigenvalue weighted by Gasteiger charge is 2.30. The number of carbonyl (C=O) groups is 1. The van der Waals surface area contributed by atoms with Crippen LogP contribution >= 0.6 is 0 Å². The molecule has 25 heavy (non-hydrogen) atoms. The van der Waals surface area contributed by atoms with Gasteiger partial charge in [-0.15, -0.1) is 0 Å². The van der Waals surface area contributed by atoms with Crippen LogP contribution in [0.15, 0.2) is 0 Å². The summed E-state index contributed by atoms with van der Waals surface area (Å²) in [7, 11) is 2.18. The number of hydrogen-bond acceptors (Lipinski definition) is 2. The van der Waals surface area contributed by atoms with Crippen LogP contribution < -0.4 is 12.4 Å². The molecule has 0 atom stereocenters. The normalized spacial score (nSPS) is 15.8. The van der Waals surface area contributed by atoms with Crippen LogP contribution in [0.2, 0.25) is 0 Å². The standard InChI is InChI=1S/C21H42NO2.ClH/c1-3-4-5-6-7-8-9-10-11-12-13-16-19-24-21(23)20-22(2)17-14-15-18-22;/h3-20H2,1-2H3;1H/q+1;/p-1. The van der Waals surface area contributed by atoms with Crippen molar-refractivity contribution >= 4 is 5.97 Å². The Morgan fingerprint density at radius 2 is 1.24 bits per heavy atom. The van der Waals surface area contributed by atoms with Crippen LogP contribution in [-0.4, -0.2) is 43.7 Å². The Morgan fingerprint density at radius 1 is 0.800 bits per heavy atom. The van der Waals surface area contributed by atoms with Gasteiger partial charge in [-0.05, 0) is 6.42 Å². The molecule has 0 radical (unpaired) electrons. The van der Waals surface area contributed by atoms with Crippen molar-refractivity contribution in [1.82, 2.24) is 0 Å². The molecule has 1 rings (SSSR count). The summed E-state index contributed by atoms with van der Waals surface area (Å²) in [5.41, 5.74) is 0. The third kappa shape index (κ3) is 13.6. The molecule has 0 bridgehead atoms. The van der Waals surface area contributed by atoms with E-state index < -0.39 is 0 Å². The number of likely N-dealkylation sites (tertiary alicyclic amines) is 1. The van der Waals surface area contributed by atoms with E-state index in [2.05, 4.69) is 14.0 Å². The Hall–Kier alpha value is -0.280. The molecule has 3 nitrogen and oxygen atoms in total. The predicted molar refractivity (Wildman–Crippen MR) is 102 cm³/mol. The van der Waals surface area contributed by atoms with Gasteiger partial charge in [0.15, 0.2) is 6.54 Å². The van der Waals surface area contributed by atoms with Crippen molar-refractivity contribution in [2.75, 3.05) is 33.3 Å². The van der Waals surface area contributed by atoms with E-state index in [0.717, 1.165) is 24.0 Å². The van der Waals surface area contributed by atoms with Crippen LogP contribution in [-0.2, 0) is 9.53 Å². The van der Waals surface area contributed by atoms with Crippen LogP contribution in [0.4, 0.5) is 0 Å². The number of hydrogen-bond donors (Lipinski definition) is 0. The number of unbranched alkanes of at least 4 members (excludes halogenated alkanes) is 11. The Bertz CT molecular complexity index is 317. The number of nitrogens with zero attached hydrogens (tertiary/aromatic N) is 1. The maximum atomic E-state index is 11.9. The van der Waals surface area contributed by atoms with Crippen LogP contribution in [0.5, 0.6) is 0 Å². The van der Waals surface area contributed by atoms with E-state index in [1.807, 2.05) is 0 Å². The molecule has 0 unspecified atom stereocenters. The SMILES string of the molecule is CCCCCCCCCCCCCCOC(=O)C[N+]1(C)CCCC1.[Cl-]. The van der Waals surface area contributed by atoms with Gasteiger partial charge in [-0.3, -0.25) is 0 Å². The molecule has 0 aromatic rings. The molecule has 0 aromatic carbocycles. The molecule has 0 spiro atoms. The van der Waals surface area contributed by atoms with Crippen LogP contribution in [0.1, 0.15) is 96.8 Å². The fourth-order valence-electron chi connectivity index (χ4n) is 3.74. The highest BCUT2D eigenvalue weighted by Crippen LogP contribution is 2.16. The number of likely N-dealkylation sites (N-methyl/N-ethyl adjacent to an activating group) is 1. The van der Waals surface area contributed by atoms with Crippen molar-refractivity contribution in [3.8, 4) is 0 Å². The molecule has 4 heteroatoms. The molecular formula is C21H42ClNO2. The van der Waals surface area contributed by atoms with E-state index in [9.17, 15) is 4.79 Å². The van der Waals surface area contributed by atoms with Gasteiger partial charge in [0.25, 0.3) is 0 Å². The summed E-state index contributed by atoms with van der Waals surface area (Å²) < 4.78 is 6.29. The molecule has 1 fully saturated rings. The largest absolute Gasteiger partial charge is 1.00 e. The Balaban J connectivity index is 0.00000576. The Kier molecular flexibility index (Phi) is 15.8. The molecule has 0 amide bonds. The van der Waals surface area contributed by atoms with Gasteiger partial charge in [-0.1, -0.05) is 77.6 Å². The fourth-order valence-corrected chi connectivity index (χ4v) is 3.74. The average Bonchev–Trinajstić information content (AvgIpc) is 2.98. The highest BCUT2D eigenvalue weighted by atomic mass is 35.5. The van der Waals surface area contributed by atoms with E-state index in [4.69, 9.17) is 4.74 Å². The zero-order valence-electron chi connectivity index (χ0n) is 16.9. The first-order valence-electron chi connectivity index (χ1n) is 10.7. The number of ether oxygens (including phenoxy) is 1. The first-order valence-corrected chi connectivity index (χ1v) is 10.7. The monoisotopic (exact) mass is 375 g/mol. The second kappa shape index (κ2) is 15.9. The third-order valence-corrected chi connectivity index (χ3v) is 5.42. The summed E-state index contributed by atoms with van der Waals surface area (Å²) in [4.78, 5) is 11.9. The topological polar surface area (TPSA) is 26.3 Å². The molecule has 1 aliphatic rings. The van der Waals surface area contributed by atoms with Gasteiger partial charge in [0, 0.05) is 12.8 Å². The number of rotatable bonds is 15. The summed E-state index contributed by atoms with van der Waals surface area (Å²) >= 11 is 0. The van der Waals surface area contributed by atoms with Crippen LogP contribution in [0.25, 0.3) is 0 Å². The van der Waals surface area contributed by atoms with Crippen molar-refractivity contribution in [3.05, 3.63) is 0 Å². The molecule has 1 aliphatic heterocycles. The quantitative estimate of drug-likeness (QED) is 0.250. The molecule has 0 N–H and O–H groups in total. The van der Waals surface area contributed by atoms with Crippen molar-refractivity contribution in [2.45, 2.75) is 96.8 Å².